The first-order valence-corrected chi connectivity index (χ1v) is 8.54. The Morgan fingerprint density at radius 2 is 1.90 bits per heavy atom. The maximum absolute atomic E-state index is 12.2. The summed E-state index contributed by atoms with van der Waals surface area (Å²) in [5, 5.41) is 9.41. The molecule has 0 saturated carbocycles. The fraction of sp³-hybridized carbons (Fsp3) is 0.231. The molecule has 0 bridgehead atoms. The van der Waals surface area contributed by atoms with Crippen molar-refractivity contribution in [2.75, 3.05) is 4.72 Å². The number of aliphatic hydroxyl groups is 1. The predicted octanol–water partition coefficient (Wildman–Crippen LogP) is 3.56. The van der Waals surface area contributed by atoms with Crippen molar-refractivity contribution in [1.29, 1.82) is 0 Å². The van der Waals surface area contributed by atoms with Crippen molar-refractivity contribution in [3.05, 3.63) is 45.8 Å². The smallest absolute Gasteiger partial charge is 0.271 e. The molecule has 2 N–H and O–H groups in total. The number of hydrogen-bond donors (Lipinski definition) is 2. The second-order valence-corrected chi connectivity index (χ2v) is 7.99. The maximum atomic E-state index is 12.2. The summed E-state index contributed by atoms with van der Waals surface area (Å²) in [7, 11) is -3.63. The van der Waals surface area contributed by atoms with Crippen molar-refractivity contribution in [2.45, 2.75) is 24.2 Å². The Hall–Kier alpha value is -1.08. The largest absolute Gasteiger partial charge is 0.389 e. The summed E-state index contributed by atoms with van der Waals surface area (Å²) >= 11 is 6.92. The van der Waals surface area contributed by atoms with E-state index in [1.165, 1.54) is 0 Å². The molecule has 0 fully saturated rings. The van der Waals surface area contributed by atoms with Crippen LogP contribution in [0.1, 0.15) is 24.2 Å². The van der Waals surface area contributed by atoms with Gasteiger partial charge in [-0.3, -0.25) is 4.72 Å². The first-order valence-electron chi connectivity index (χ1n) is 5.86. The Balaban J connectivity index is 2.24. The minimum Gasteiger partial charge on any atom is -0.389 e. The summed E-state index contributed by atoms with van der Waals surface area (Å²) in [4.78, 5) is 0. The highest BCUT2D eigenvalue weighted by Crippen LogP contribution is 2.31. The number of aliphatic hydroxyl groups excluding tert-OH is 1. The minimum atomic E-state index is -3.63. The summed E-state index contributed by atoms with van der Waals surface area (Å²) in [5.41, 5.74) is 1.90. The highest BCUT2D eigenvalue weighted by molar-refractivity contribution is 7.94. The summed E-state index contributed by atoms with van der Waals surface area (Å²) in [5.74, 6) is 0. The van der Waals surface area contributed by atoms with Crippen LogP contribution in [0.5, 0.6) is 0 Å². The minimum absolute atomic E-state index is 0.180. The van der Waals surface area contributed by atoms with Crippen LogP contribution in [0, 0.1) is 6.92 Å². The highest BCUT2D eigenvalue weighted by atomic mass is 35.5. The molecule has 0 aliphatic rings. The number of rotatable bonds is 4. The Bertz CT molecular complexity index is 686. The van der Waals surface area contributed by atoms with Crippen molar-refractivity contribution in [3.8, 4) is 0 Å². The van der Waals surface area contributed by atoms with E-state index in [9.17, 15) is 13.5 Å². The monoisotopic (exact) mass is 331 g/mol. The number of sulfonamides is 1. The van der Waals surface area contributed by atoms with Crippen LogP contribution in [0.15, 0.2) is 34.5 Å². The standard InChI is InChI=1S/C13H14ClNO3S2/c1-8-7-12(19-13(8)14)20(17,18)15-11-5-3-10(4-6-11)9(2)16/h3-7,9,15-16H,1-2H3. The first-order chi connectivity index (χ1) is 9.29. The van der Waals surface area contributed by atoms with Crippen LogP contribution in [-0.4, -0.2) is 13.5 Å². The van der Waals surface area contributed by atoms with Gasteiger partial charge in [-0.2, -0.15) is 0 Å². The van der Waals surface area contributed by atoms with E-state index in [4.69, 9.17) is 11.6 Å². The highest BCUT2D eigenvalue weighted by Gasteiger charge is 2.18. The molecular weight excluding hydrogens is 318 g/mol. The topological polar surface area (TPSA) is 66.4 Å². The van der Waals surface area contributed by atoms with Crippen molar-refractivity contribution >= 4 is 38.6 Å². The molecule has 2 rings (SSSR count). The summed E-state index contributed by atoms with van der Waals surface area (Å²) in [6.07, 6.45) is -0.584. The van der Waals surface area contributed by atoms with Gasteiger partial charge in [0.25, 0.3) is 10.0 Å². The van der Waals surface area contributed by atoms with Crippen molar-refractivity contribution in [1.82, 2.24) is 0 Å². The second-order valence-electron chi connectivity index (χ2n) is 4.43. The quantitative estimate of drug-likeness (QED) is 0.900. The Morgan fingerprint density at radius 1 is 1.30 bits per heavy atom. The number of thiophene rings is 1. The fourth-order valence-corrected chi connectivity index (χ4v) is 4.37. The lowest BCUT2D eigenvalue weighted by Gasteiger charge is -2.08. The molecule has 1 aromatic carbocycles. The predicted molar refractivity (Wildman–Crippen MR) is 82.0 cm³/mol. The molecule has 0 radical (unpaired) electrons. The third kappa shape index (κ3) is 3.32. The van der Waals surface area contributed by atoms with Crippen LogP contribution in [0.4, 0.5) is 5.69 Å². The molecule has 0 spiro atoms. The number of anilines is 1. The average molecular weight is 332 g/mol. The van der Waals surface area contributed by atoms with Gasteiger partial charge in [0.2, 0.25) is 0 Å². The van der Waals surface area contributed by atoms with Crippen LogP contribution in [0.25, 0.3) is 0 Å². The maximum Gasteiger partial charge on any atom is 0.271 e. The zero-order valence-corrected chi connectivity index (χ0v) is 13.3. The summed E-state index contributed by atoms with van der Waals surface area (Å²) in [6, 6.07) is 8.12. The third-order valence-corrected chi connectivity index (χ3v) is 6.15. The zero-order chi connectivity index (χ0) is 14.9. The average Bonchev–Trinajstić information content (AvgIpc) is 2.71. The zero-order valence-electron chi connectivity index (χ0n) is 10.9. The van der Waals surface area contributed by atoms with Crippen LogP contribution in [0.2, 0.25) is 4.34 Å². The molecule has 7 heteroatoms. The van der Waals surface area contributed by atoms with Gasteiger partial charge in [-0.25, -0.2) is 8.42 Å². The molecule has 4 nitrogen and oxygen atoms in total. The van der Waals surface area contributed by atoms with Crippen molar-refractivity contribution in [2.24, 2.45) is 0 Å². The van der Waals surface area contributed by atoms with Crippen LogP contribution in [-0.2, 0) is 10.0 Å². The summed E-state index contributed by atoms with van der Waals surface area (Å²) in [6.45, 7) is 3.41. The molecule has 2 aromatic rings. The van der Waals surface area contributed by atoms with E-state index in [-0.39, 0.29) is 4.21 Å². The van der Waals surface area contributed by atoms with E-state index in [2.05, 4.69) is 4.72 Å². The molecule has 1 unspecified atom stereocenters. The number of hydrogen-bond acceptors (Lipinski definition) is 4. The van der Waals surface area contributed by atoms with E-state index in [0.717, 1.165) is 22.5 Å². The van der Waals surface area contributed by atoms with E-state index in [1.54, 1.807) is 44.2 Å². The van der Waals surface area contributed by atoms with Gasteiger partial charge in [-0.1, -0.05) is 23.7 Å². The molecular formula is C13H14ClNO3S2. The Kier molecular flexibility index (Phi) is 4.39. The van der Waals surface area contributed by atoms with E-state index in [0.29, 0.717) is 10.0 Å². The molecule has 0 aliphatic carbocycles. The molecule has 0 saturated heterocycles. The summed E-state index contributed by atoms with van der Waals surface area (Å²) < 4.78 is 27.5. The molecule has 108 valence electrons. The number of aryl methyl sites for hydroxylation is 1. The molecule has 1 aromatic heterocycles. The van der Waals surface area contributed by atoms with Crippen LogP contribution < -0.4 is 4.72 Å². The SMILES string of the molecule is Cc1cc(S(=O)(=O)Nc2ccc(C(C)O)cc2)sc1Cl. The first kappa shape index (κ1) is 15.3. The fourth-order valence-electron chi connectivity index (χ4n) is 1.60. The van der Waals surface area contributed by atoms with Gasteiger partial charge in [-0.05, 0) is 43.2 Å². The van der Waals surface area contributed by atoms with Gasteiger partial charge in [0, 0.05) is 5.69 Å². The van der Waals surface area contributed by atoms with Gasteiger partial charge in [0.15, 0.2) is 0 Å². The number of benzene rings is 1. The molecule has 20 heavy (non-hydrogen) atoms. The third-order valence-electron chi connectivity index (χ3n) is 2.74. The lowest BCUT2D eigenvalue weighted by molar-refractivity contribution is 0.199. The molecule has 1 atom stereocenters. The lowest BCUT2D eigenvalue weighted by atomic mass is 10.1. The number of halogens is 1. The number of nitrogens with one attached hydrogen (secondary N) is 1. The molecule has 0 amide bonds. The van der Waals surface area contributed by atoms with Gasteiger partial charge in [0.05, 0.1) is 10.4 Å². The van der Waals surface area contributed by atoms with E-state index >= 15 is 0 Å². The van der Waals surface area contributed by atoms with Gasteiger partial charge < -0.3 is 5.11 Å². The van der Waals surface area contributed by atoms with Crippen molar-refractivity contribution in [3.63, 3.8) is 0 Å². The normalized spacial score (nSPS) is 13.2. The Morgan fingerprint density at radius 3 is 2.35 bits per heavy atom. The van der Waals surface area contributed by atoms with E-state index in [1.807, 2.05) is 0 Å². The molecule has 1 heterocycles. The second kappa shape index (κ2) is 5.73. The van der Waals surface area contributed by atoms with Gasteiger partial charge in [0.1, 0.15) is 4.21 Å². The van der Waals surface area contributed by atoms with E-state index < -0.39 is 16.1 Å². The lowest BCUT2D eigenvalue weighted by Crippen LogP contribution is -2.11. The van der Waals surface area contributed by atoms with Crippen LogP contribution >= 0.6 is 22.9 Å². The van der Waals surface area contributed by atoms with Crippen LogP contribution in [0.3, 0.4) is 0 Å². The Labute approximate surface area is 127 Å². The van der Waals surface area contributed by atoms with Gasteiger partial charge in [-0.15, -0.1) is 11.3 Å². The van der Waals surface area contributed by atoms with Gasteiger partial charge >= 0.3 is 0 Å². The van der Waals surface area contributed by atoms with Crippen molar-refractivity contribution < 1.29 is 13.5 Å². The molecule has 0 aliphatic heterocycles.